The molecule has 0 aliphatic heterocycles. The molecule has 2 aliphatic carbocycles. The molecule has 0 spiro atoms. The van der Waals surface area contributed by atoms with Gasteiger partial charge in [-0.25, -0.2) is 0 Å². The molecule has 0 radical (unpaired) electrons. The lowest BCUT2D eigenvalue weighted by atomic mass is 9.70. The highest BCUT2D eigenvalue weighted by atomic mass is 19.4. The van der Waals surface area contributed by atoms with E-state index in [1.54, 1.807) is 12.1 Å². The van der Waals surface area contributed by atoms with Gasteiger partial charge in [0.25, 0.3) is 0 Å². The number of rotatable bonds is 8. The van der Waals surface area contributed by atoms with E-state index in [1.807, 2.05) is 0 Å². The summed E-state index contributed by atoms with van der Waals surface area (Å²) >= 11 is 0. The van der Waals surface area contributed by atoms with Crippen LogP contribution in [0.4, 0.5) is 13.2 Å². The Morgan fingerprint density at radius 1 is 0.971 bits per heavy atom. The number of hydrogen-bond donors (Lipinski definition) is 1. The molecule has 0 unspecified atom stereocenters. The summed E-state index contributed by atoms with van der Waals surface area (Å²) in [5, 5.41) is 9.61. The van der Waals surface area contributed by atoms with Crippen molar-refractivity contribution in [2.24, 2.45) is 17.3 Å². The van der Waals surface area contributed by atoms with Crippen LogP contribution >= 0.6 is 0 Å². The zero-order valence-corrected chi connectivity index (χ0v) is 21.0. The monoisotopic (exact) mass is 481 g/mol. The molecule has 0 aromatic heterocycles. The van der Waals surface area contributed by atoms with Crippen LogP contribution in [0.1, 0.15) is 102 Å². The Labute approximate surface area is 203 Å². The fraction of sp³-hybridized carbons (Fsp3) is 0.750. The van der Waals surface area contributed by atoms with Gasteiger partial charge in [-0.05, 0) is 73.6 Å². The summed E-state index contributed by atoms with van der Waals surface area (Å²) in [6.45, 7) is 8.69. The molecule has 1 aromatic carbocycles. The second kappa shape index (κ2) is 11.5. The average Bonchev–Trinajstić information content (AvgIpc) is 2.76. The molecule has 0 saturated heterocycles. The number of hydrogen-bond acceptors (Lipinski definition) is 2. The van der Waals surface area contributed by atoms with Crippen LogP contribution in [0, 0.1) is 17.3 Å². The number of alkyl halides is 3. The van der Waals surface area contributed by atoms with Crippen LogP contribution in [0.5, 0.6) is 0 Å². The van der Waals surface area contributed by atoms with E-state index < -0.39 is 17.7 Å². The van der Waals surface area contributed by atoms with Gasteiger partial charge in [-0.3, -0.25) is 9.69 Å². The summed E-state index contributed by atoms with van der Waals surface area (Å²) < 4.78 is 39.6. The molecule has 6 heteroatoms. The zero-order valence-electron chi connectivity index (χ0n) is 21.0. The fourth-order valence-corrected chi connectivity index (χ4v) is 6.09. The Balaban J connectivity index is 1.92. The van der Waals surface area contributed by atoms with Crippen molar-refractivity contribution in [2.75, 3.05) is 13.1 Å². The fourth-order valence-electron chi connectivity index (χ4n) is 6.09. The minimum atomic E-state index is -4.37. The quantitative estimate of drug-likeness (QED) is 0.413. The molecule has 2 fully saturated rings. The van der Waals surface area contributed by atoms with E-state index in [0.717, 1.165) is 44.3 Å². The molecule has 2 saturated carbocycles. The van der Waals surface area contributed by atoms with Crippen LogP contribution in [0.3, 0.4) is 0 Å². The molecule has 3 atom stereocenters. The van der Waals surface area contributed by atoms with Gasteiger partial charge >= 0.3 is 12.1 Å². The number of carboxylic acids is 1. The predicted molar refractivity (Wildman–Crippen MR) is 130 cm³/mol. The summed E-state index contributed by atoms with van der Waals surface area (Å²) in [5.41, 5.74) is 0.391. The molecular weight excluding hydrogens is 439 g/mol. The van der Waals surface area contributed by atoms with Crippen molar-refractivity contribution in [1.82, 2.24) is 4.90 Å². The highest BCUT2D eigenvalue weighted by Crippen LogP contribution is 2.44. The van der Waals surface area contributed by atoms with Gasteiger partial charge in [-0.2, -0.15) is 13.2 Å². The van der Waals surface area contributed by atoms with Crippen molar-refractivity contribution in [2.45, 2.75) is 103 Å². The molecule has 1 N–H and O–H groups in total. The number of halogens is 3. The molecule has 0 bridgehead atoms. The molecule has 2 aliphatic rings. The lowest BCUT2D eigenvalue weighted by Gasteiger charge is -2.46. The normalized spacial score (nSPS) is 25.0. The number of carboxylic acid groups (broad SMARTS) is 1. The van der Waals surface area contributed by atoms with Crippen LogP contribution in [0.25, 0.3) is 0 Å². The summed E-state index contributed by atoms with van der Waals surface area (Å²) in [5.74, 6) is -0.287. The molecule has 3 nitrogen and oxygen atoms in total. The molecular formula is C28H42F3NO2. The van der Waals surface area contributed by atoms with Crippen LogP contribution in [0.15, 0.2) is 24.3 Å². The van der Waals surface area contributed by atoms with Gasteiger partial charge in [0.15, 0.2) is 0 Å². The second-order valence-corrected chi connectivity index (χ2v) is 11.8. The van der Waals surface area contributed by atoms with Crippen LogP contribution in [0.2, 0.25) is 0 Å². The van der Waals surface area contributed by atoms with E-state index >= 15 is 0 Å². The van der Waals surface area contributed by atoms with Gasteiger partial charge in [0, 0.05) is 24.9 Å². The van der Waals surface area contributed by atoms with Crippen molar-refractivity contribution in [3.8, 4) is 0 Å². The first kappa shape index (κ1) is 27.0. The summed E-state index contributed by atoms with van der Waals surface area (Å²) in [7, 11) is 0. The maximum atomic E-state index is 13.2. The van der Waals surface area contributed by atoms with E-state index in [4.69, 9.17) is 0 Å². The first-order chi connectivity index (χ1) is 15.9. The molecule has 0 amide bonds. The van der Waals surface area contributed by atoms with Crippen LogP contribution in [-0.2, 0) is 11.0 Å². The van der Waals surface area contributed by atoms with Crippen molar-refractivity contribution < 1.29 is 23.1 Å². The van der Waals surface area contributed by atoms with E-state index in [0.29, 0.717) is 5.92 Å². The van der Waals surface area contributed by atoms with Gasteiger partial charge in [-0.1, -0.05) is 58.6 Å². The zero-order chi connectivity index (χ0) is 24.9. The third kappa shape index (κ3) is 7.73. The van der Waals surface area contributed by atoms with Crippen LogP contribution in [-0.4, -0.2) is 35.1 Å². The van der Waals surface area contributed by atoms with E-state index in [9.17, 15) is 23.1 Å². The van der Waals surface area contributed by atoms with Crippen molar-refractivity contribution in [3.05, 3.63) is 35.4 Å². The molecule has 192 valence electrons. The Morgan fingerprint density at radius 2 is 1.62 bits per heavy atom. The number of benzene rings is 1. The number of carbonyl (C=O) groups is 1. The highest BCUT2D eigenvalue weighted by molar-refractivity contribution is 5.67. The molecule has 34 heavy (non-hydrogen) atoms. The van der Waals surface area contributed by atoms with Gasteiger partial charge in [0.05, 0.1) is 5.56 Å². The van der Waals surface area contributed by atoms with Crippen molar-refractivity contribution >= 4 is 5.97 Å². The van der Waals surface area contributed by atoms with Gasteiger partial charge in [0.2, 0.25) is 0 Å². The Morgan fingerprint density at radius 3 is 2.18 bits per heavy atom. The first-order valence-electron chi connectivity index (χ1n) is 13.1. The second-order valence-electron chi connectivity index (χ2n) is 11.8. The van der Waals surface area contributed by atoms with Crippen LogP contribution < -0.4 is 0 Å². The minimum Gasteiger partial charge on any atom is -0.481 e. The third-order valence-electron chi connectivity index (χ3n) is 7.89. The molecule has 1 aromatic rings. The third-order valence-corrected chi connectivity index (χ3v) is 7.89. The lowest BCUT2D eigenvalue weighted by molar-refractivity contribution is -0.139. The van der Waals surface area contributed by atoms with Crippen molar-refractivity contribution in [3.63, 3.8) is 0 Å². The number of aliphatic carboxylic acids is 1. The SMILES string of the molecule is CC(C)(C)CCN(CC1CCCCC1)[C@@H]1CCC[C@H](CC(=O)O)[C@H]1c1ccc(C(F)(F)F)cc1. The van der Waals surface area contributed by atoms with E-state index in [1.165, 1.54) is 44.2 Å². The van der Waals surface area contributed by atoms with Crippen molar-refractivity contribution in [1.29, 1.82) is 0 Å². The average molecular weight is 482 g/mol. The van der Waals surface area contributed by atoms with Gasteiger partial charge in [0.1, 0.15) is 0 Å². The predicted octanol–water partition coefficient (Wildman–Crippen LogP) is 7.75. The summed E-state index contributed by atoms with van der Waals surface area (Å²) in [6.07, 6.45) is 5.81. The highest BCUT2D eigenvalue weighted by Gasteiger charge is 2.40. The largest absolute Gasteiger partial charge is 0.481 e. The Hall–Kier alpha value is -1.56. The maximum Gasteiger partial charge on any atom is 0.416 e. The first-order valence-corrected chi connectivity index (χ1v) is 13.1. The molecule has 0 heterocycles. The Bertz CT molecular complexity index is 778. The smallest absolute Gasteiger partial charge is 0.416 e. The van der Waals surface area contributed by atoms with Gasteiger partial charge in [-0.15, -0.1) is 0 Å². The molecule has 3 rings (SSSR count). The lowest BCUT2D eigenvalue weighted by Crippen LogP contribution is -2.48. The number of nitrogens with zero attached hydrogens (tertiary/aromatic N) is 1. The summed E-state index contributed by atoms with van der Waals surface area (Å²) in [6, 6.07) is 5.70. The minimum absolute atomic E-state index is 0.0588. The summed E-state index contributed by atoms with van der Waals surface area (Å²) in [4.78, 5) is 14.3. The standard InChI is InChI=1S/C28H42F3NO2/c1-27(2,3)16-17-32(19-20-8-5-4-6-9-20)24-11-7-10-22(18-25(33)34)26(24)21-12-14-23(15-13-21)28(29,30)31/h12-15,20,22,24,26H,4-11,16-19H2,1-3H3,(H,33,34)/t22-,24-,26-/m1/s1. The van der Waals surface area contributed by atoms with E-state index in [-0.39, 0.29) is 29.7 Å². The Kier molecular flexibility index (Phi) is 9.10. The van der Waals surface area contributed by atoms with E-state index in [2.05, 4.69) is 25.7 Å². The van der Waals surface area contributed by atoms with Gasteiger partial charge < -0.3 is 5.11 Å². The maximum absolute atomic E-state index is 13.2. The topological polar surface area (TPSA) is 40.5 Å².